The van der Waals surface area contributed by atoms with Gasteiger partial charge in [-0.3, -0.25) is 9.79 Å². The second-order valence-electron chi connectivity index (χ2n) is 6.56. The Balaban J connectivity index is 2.63. The Kier molecular flexibility index (Phi) is 9.27. The molecule has 1 N–H and O–H groups in total. The molecule has 1 aliphatic rings. The van der Waals surface area contributed by atoms with Gasteiger partial charge in [-0.2, -0.15) is 0 Å². The van der Waals surface area contributed by atoms with Crippen LogP contribution in [0, 0.1) is 17.8 Å². The predicted octanol–water partition coefficient (Wildman–Crippen LogP) is 3.26. The molecule has 0 bridgehead atoms. The van der Waals surface area contributed by atoms with E-state index < -0.39 is 29.7 Å². The van der Waals surface area contributed by atoms with Gasteiger partial charge in [-0.25, -0.2) is 9.59 Å². The summed E-state index contributed by atoms with van der Waals surface area (Å²) in [6.45, 7) is 2.97. The fourth-order valence-corrected chi connectivity index (χ4v) is 3.76. The number of hydrogen-bond acceptors (Lipinski definition) is 7. The van der Waals surface area contributed by atoms with E-state index in [1.165, 1.54) is 7.11 Å². The molecule has 0 saturated carbocycles. The first-order valence-electron chi connectivity index (χ1n) is 9.49. The molecular weight excluding hydrogens is 461 g/mol. The van der Waals surface area contributed by atoms with Gasteiger partial charge in [-0.1, -0.05) is 41.3 Å². The largest absolute Gasteiger partial charge is 0.472 e. The van der Waals surface area contributed by atoms with Crippen LogP contribution in [0.25, 0.3) is 0 Å². The van der Waals surface area contributed by atoms with E-state index in [0.29, 0.717) is 11.3 Å². The van der Waals surface area contributed by atoms with E-state index in [1.54, 1.807) is 32.0 Å². The summed E-state index contributed by atoms with van der Waals surface area (Å²) in [5.41, 5.74) is 1.08. The van der Waals surface area contributed by atoms with Gasteiger partial charge in [0.2, 0.25) is 0 Å². The number of hydrogen-bond donors (Lipinski definition) is 1. The van der Waals surface area contributed by atoms with Crippen LogP contribution in [-0.2, 0) is 28.6 Å². The number of esters is 2. The first kappa shape index (κ1) is 25.4. The molecule has 170 valence electrons. The smallest absolute Gasteiger partial charge is 0.381 e. The highest BCUT2D eigenvalue weighted by molar-refractivity contribution is 6.42. The van der Waals surface area contributed by atoms with Crippen molar-refractivity contribution in [2.45, 2.75) is 19.8 Å². The van der Waals surface area contributed by atoms with E-state index in [-0.39, 0.29) is 41.1 Å². The highest BCUT2D eigenvalue weighted by atomic mass is 35.5. The van der Waals surface area contributed by atoms with Crippen LogP contribution in [0.3, 0.4) is 0 Å². The number of nitrogens with zero attached hydrogens (tertiary/aromatic N) is 1. The van der Waals surface area contributed by atoms with E-state index >= 15 is 0 Å². The van der Waals surface area contributed by atoms with Gasteiger partial charge in [0.05, 0.1) is 41.6 Å². The van der Waals surface area contributed by atoms with E-state index in [9.17, 15) is 14.4 Å². The number of aliphatic carboxylic acids is 1. The number of ether oxygens (including phenoxy) is 3. The summed E-state index contributed by atoms with van der Waals surface area (Å²) in [4.78, 5) is 40.6. The number of carboxylic acids is 1. The van der Waals surface area contributed by atoms with E-state index in [1.807, 2.05) is 5.92 Å². The average molecular weight is 482 g/mol. The monoisotopic (exact) mass is 481 g/mol. The molecule has 0 amide bonds. The third-order valence-electron chi connectivity index (χ3n) is 4.59. The van der Waals surface area contributed by atoms with Gasteiger partial charge >= 0.3 is 17.9 Å². The van der Waals surface area contributed by atoms with Crippen molar-refractivity contribution in [2.75, 3.05) is 26.9 Å². The van der Waals surface area contributed by atoms with Crippen LogP contribution < -0.4 is 0 Å². The second kappa shape index (κ2) is 11.7. The maximum atomic E-state index is 13.0. The molecule has 1 aliphatic heterocycles. The lowest BCUT2D eigenvalue weighted by Crippen LogP contribution is -2.37. The van der Waals surface area contributed by atoms with E-state index in [4.69, 9.17) is 42.5 Å². The molecule has 10 heteroatoms. The molecule has 0 radical (unpaired) electrons. The Labute approximate surface area is 195 Å². The molecule has 0 spiro atoms. The number of benzene rings is 1. The zero-order valence-electron chi connectivity index (χ0n) is 17.6. The summed E-state index contributed by atoms with van der Waals surface area (Å²) in [5, 5.41) is 9.02. The van der Waals surface area contributed by atoms with Crippen molar-refractivity contribution in [3.8, 4) is 11.8 Å². The molecule has 8 nitrogen and oxygen atoms in total. The topological polar surface area (TPSA) is 111 Å². The minimum absolute atomic E-state index is 0.0724. The summed E-state index contributed by atoms with van der Waals surface area (Å²) in [6.07, 6.45) is 0. The van der Waals surface area contributed by atoms with Gasteiger partial charge in [-0.15, -0.1) is 0 Å². The number of methoxy groups -OCH3 is 1. The quantitative estimate of drug-likeness (QED) is 0.361. The van der Waals surface area contributed by atoms with Crippen molar-refractivity contribution >= 4 is 46.8 Å². The first-order chi connectivity index (χ1) is 15.2. The zero-order chi connectivity index (χ0) is 23.8. The van der Waals surface area contributed by atoms with Gasteiger partial charge in [0.15, 0.2) is 0 Å². The molecule has 0 fully saturated rings. The molecule has 32 heavy (non-hydrogen) atoms. The van der Waals surface area contributed by atoms with Crippen LogP contribution in [0.2, 0.25) is 10.0 Å². The van der Waals surface area contributed by atoms with Gasteiger partial charge in [0, 0.05) is 17.6 Å². The Morgan fingerprint density at radius 2 is 1.97 bits per heavy atom. The fraction of sp³-hybridized carbons (Fsp3) is 0.364. The molecule has 2 atom stereocenters. The number of carboxylic acid groups (broad SMARTS) is 1. The van der Waals surface area contributed by atoms with Crippen LogP contribution in [0.4, 0.5) is 0 Å². The van der Waals surface area contributed by atoms with Gasteiger partial charge in [0.25, 0.3) is 0 Å². The number of carbonyl (C=O) groups is 3. The molecule has 0 saturated heterocycles. The maximum absolute atomic E-state index is 13.0. The summed E-state index contributed by atoms with van der Waals surface area (Å²) in [5.74, 6) is -0.188. The second-order valence-corrected chi connectivity index (χ2v) is 7.34. The van der Waals surface area contributed by atoms with E-state index in [0.717, 1.165) is 0 Å². The standard InChI is InChI=1S/C22H21Cl2NO7/c1-4-32-22(29)19-15(11-31-10-6-9-16(26)27)25-12(2)17(21(28)30-3)18(19)13-7-5-8-14(23)20(13)24/h5,7-8,17-18H,4,10-11H2,1-3H3,(H,26,27). The fourth-order valence-electron chi connectivity index (χ4n) is 3.33. The van der Waals surface area contributed by atoms with Crippen LogP contribution in [-0.4, -0.2) is 55.7 Å². The van der Waals surface area contributed by atoms with E-state index in [2.05, 4.69) is 10.9 Å². The lowest BCUT2D eigenvalue weighted by atomic mass is 9.75. The van der Waals surface area contributed by atoms with Crippen molar-refractivity contribution in [1.82, 2.24) is 0 Å². The highest BCUT2D eigenvalue weighted by Crippen LogP contribution is 2.44. The van der Waals surface area contributed by atoms with Crippen molar-refractivity contribution in [1.29, 1.82) is 0 Å². The number of halogens is 2. The first-order valence-corrected chi connectivity index (χ1v) is 10.2. The molecule has 0 aliphatic carbocycles. The van der Waals surface area contributed by atoms with Crippen molar-refractivity contribution in [2.24, 2.45) is 10.9 Å². The Hall–Kier alpha value is -2.86. The number of rotatable bonds is 7. The minimum atomic E-state index is -1.29. The van der Waals surface area contributed by atoms with Crippen LogP contribution in [0.1, 0.15) is 25.3 Å². The summed E-state index contributed by atoms with van der Waals surface area (Å²) >= 11 is 12.7. The average Bonchev–Trinajstić information content (AvgIpc) is 2.74. The third-order valence-corrected chi connectivity index (χ3v) is 5.43. The third kappa shape index (κ3) is 5.88. The predicted molar refractivity (Wildman–Crippen MR) is 118 cm³/mol. The highest BCUT2D eigenvalue weighted by Gasteiger charge is 2.44. The normalized spacial score (nSPS) is 17.7. The number of aliphatic imine (C=N–C) groups is 1. The maximum Gasteiger partial charge on any atom is 0.381 e. The van der Waals surface area contributed by atoms with Gasteiger partial charge in [-0.05, 0) is 25.5 Å². The molecule has 0 aromatic heterocycles. The molecule has 1 aromatic rings. The van der Waals surface area contributed by atoms with Gasteiger partial charge in [0.1, 0.15) is 12.5 Å². The van der Waals surface area contributed by atoms with Crippen LogP contribution >= 0.6 is 23.2 Å². The number of carbonyl (C=O) groups excluding carboxylic acids is 2. The SMILES string of the molecule is CCOC(=O)C1=C(COCC#CC(=O)O)N=C(C)C(C(=O)OC)C1c1cccc(Cl)c1Cl. The summed E-state index contributed by atoms with van der Waals surface area (Å²) < 4.78 is 15.6. The molecule has 2 rings (SSSR count). The van der Waals surface area contributed by atoms with Crippen LogP contribution in [0.15, 0.2) is 34.5 Å². The van der Waals surface area contributed by atoms with Gasteiger partial charge < -0.3 is 19.3 Å². The molecule has 1 heterocycles. The Bertz CT molecular complexity index is 1040. The zero-order valence-corrected chi connectivity index (χ0v) is 19.1. The molecule has 2 unspecified atom stereocenters. The minimum Gasteiger partial charge on any atom is -0.472 e. The lowest BCUT2D eigenvalue weighted by Gasteiger charge is -2.32. The van der Waals surface area contributed by atoms with Crippen molar-refractivity contribution < 1.29 is 33.7 Å². The summed E-state index contributed by atoms with van der Waals surface area (Å²) in [6, 6.07) is 4.89. The molecule has 1 aromatic carbocycles. The lowest BCUT2D eigenvalue weighted by molar-refractivity contribution is -0.144. The van der Waals surface area contributed by atoms with Crippen molar-refractivity contribution in [3.63, 3.8) is 0 Å². The molecular formula is C22H21Cl2NO7. The van der Waals surface area contributed by atoms with Crippen molar-refractivity contribution in [3.05, 3.63) is 45.1 Å². The Morgan fingerprint density at radius 3 is 2.59 bits per heavy atom. The van der Waals surface area contributed by atoms with Crippen LogP contribution in [0.5, 0.6) is 0 Å². The Morgan fingerprint density at radius 1 is 1.25 bits per heavy atom. The summed E-state index contributed by atoms with van der Waals surface area (Å²) in [7, 11) is 1.24.